The molecule has 1 aromatic heterocycles. The number of nitrogens with zero attached hydrogens (tertiary/aromatic N) is 1. The molecule has 1 saturated heterocycles. The molecule has 1 fully saturated rings. The Hall–Kier alpha value is -3.41. The molecule has 2 aliphatic heterocycles. The molecule has 1 amide bonds. The zero-order valence-electron chi connectivity index (χ0n) is 17.6. The molecule has 31 heavy (non-hydrogen) atoms. The maximum Gasteiger partial charge on any atom is 0.349 e. The van der Waals surface area contributed by atoms with Crippen molar-refractivity contribution >= 4 is 22.7 Å². The Kier molecular flexibility index (Phi) is 4.46. The molecule has 158 valence electrons. The molecule has 0 saturated carbocycles. The lowest BCUT2D eigenvalue weighted by Crippen LogP contribution is -2.52. The van der Waals surface area contributed by atoms with E-state index in [1.165, 1.54) is 0 Å². The van der Waals surface area contributed by atoms with E-state index < -0.39 is 11.2 Å². The number of Topliss-reactive ketones (excluding diaryl/α,β-unsaturated/α-hetero) is 1. The van der Waals surface area contributed by atoms with Gasteiger partial charge in [0.25, 0.3) is 5.91 Å². The number of hydrogen-bond donors (Lipinski definition) is 0. The van der Waals surface area contributed by atoms with Crippen LogP contribution in [0, 0.1) is 13.8 Å². The van der Waals surface area contributed by atoms with Gasteiger partial charge in [0, 0.05) is 31.3 Å². The second-order valence-electron chi connectivity index (χ2n) is 8.55. The van der Waals surface area contributed by atoms with Crippen LogP contribution in [0.1, 0.15) is 51.1 Å². The third kappa shape index (κ3) is 3.23. The fourth-order valence-electron chi connectivity index (χ4n) is 4.56. The quantitative estimate of drug-likeness (QED) is 0.558. The number of ketones is 1. The summed E-state index contributed by atoms with van der Waals surface area (Å²) in [7, 11) is 0. The number of piperidine rings is 1. The van der Waals surface area contributed by atoms with Gasteiger partial charge in [-0.25, -0.2) is 4.79 Å². The lowest BCUT2D eigenvalue weighted by molar-refractivity contribution is -0.00627. The summed E-state index contributed by atoms with van der Waals surface area (Å²) < 4.78 is 11.7. The number of carbonyl (C=O) groups excluding carboxylic acids is 2. The molecule has 2 aliphatic rings. The number of benzene rings is 2. The van der Waals surface area contributed by atoms with E-state index in [-0.39, 0.29) is 17.3 Å². The van der Waals surface area contributed by atoms with E-state index in [1.54, 1.807) is 23.1 Å². The first-order chi connectivity index (χ1) is 14.9. The summed E-state index contributed by atoms with van der Waals surface area (Å²) in [4.78, 5) is 39.9. The first kappa shape index (κ1) is 19.5. The van der Waals surface area contributed by atoms with Crippen molar-refractivity contribution in [2.45, 2.75) is 38.7 Å². The Balaban J connectivity index is 1.38. The summed E-state index contributed by atoms with van der Waals surface area (Å²) in [5.74, 6) is 0.411. The van der Waals surface area contributed by atoms with Gasteiger partial charge in [-0.05, 0) is 43.2 Å². The van der Waals surface area contributed by atoms with Crippen molar-refractivity contribution in [1.82, 2.24) is 4.90 Å². The highest BCUT2D eigenvalue weighted by atomic mass is 16.5. The topological polar surface area (TPSA) is 76.8 Å². The van der Waals surface area contributed by atoms with Gasteiger partial charge in [0.15, 0.2) is 5.78 Å². The lowest BCUT2D eigenvalue weighted by atomic mass is 9.81. The normalized spacial score (nSPS) is 17.5. The molecular formula is C25H23NO5. The van der Waals surface area contributed by atoms with Crippen molar-refractivity contribution in [2.24, 2.45) is 0 Å². The van der Waals surface area contributed by atoms with Crippen molar-refractivity contribution in [3.63, 3.8) is 0 Å². The van der Waals surface area contributed by atoms with Crippen LogP contribution in [0.2, 0.25) is 0 Å². The molecular weight excluding hydrogens is 394 g/mol. The predicted molar refractivity (Wildman–Crippen MR) is 116 cm³/mol. The molecule has 0 aliphatic carbocycles. The van der Waals surface area contributed by atoms with E-state index in [2.05, 4.69) is 0 Å². The SMILES string of the molecule is Cc1ccc2c(c1C)OC1(CCN(C(=O)c3cc4ccccc4oc3=O)CC1)CC2=O. The molecule has 1 spiro atoms. The predicted octanol–water partition coefficient (Wildman–Crippen LogP) is 4.05. The molecule has 3 aromatic rings. The Morgan fingerprint density at radius 2 is 1.77 bits per heavy atom. The Labute approximate surface area is 179 Å². The number of likely N-dealkylation sites (tertiary alicyclic amines) is 1. The van der Waals surface area contributed by atoms with E-state index in [1.807, 2.05) is 38.1 Å². The van der Waals surface area contributed by atoms with Crippen molar-refractivity contribution in [2.75, 3.05) is 13.1 Å². The molecule has 5 rings (SSSR count). The van der Waals surface area contributed by atoms with Crippen molar-refractivity contribution in [1.29, 1.82) is 0 Å². The molecule has 2 aromatic carbocycles. The number of amides is 1. The van der Waals surface area contributed by atoms with Crippen LogP contribution in [0.3, 0.4) is 0 Å². The average Bonchev–Trinajstić information content (AvgIpc) is 2.76. The number of ether oxygens (including phenoxy) is 1. The molecule has 0 N–H and O–H groups in total. The molecule has 0 unspecified atom stereocenters. The van der Waals surface area contributed by atoms with Crippen LogP contribution in [-0.4, -0.2) is 35.3 Å². The van der Waals surface area contributed by atoms with Crippen molar-refractivity contribution in [3.05, 3.63) is 75.1 Å². The number of fused-ring (bicyclic) bond motifs is 2. The highest BCUT2D eigenvalue weighted by Crippen LogP contribution is 2.41. The second-order valence-corrected chi connectivity index (χ2v) is 8.55. The van der Waals surface area contributed by atoms with Crippen molar-refractivity contribution < 1.29 is 18.7 Å². The van der Waals surface area contributed by atoms with Crippen LogP contribution in [0.5, 0.6) is 5.75 Å². The van der Waals surface area contributed by atoms with E-state index >= 15 is 0 Å². The summed E-state index contributed by atoms with van der Waals surface area (Å²) in [6.07, 6.45) is 1.38. The van der Waals surface area contributed by atoms with Crippen LogP contribution in [0.4, 0.5) is 0 Å². The molecule has 0 bridgehead atoms. The van der Waals surface area contributed by atoms with Gasteiger partial charge in [0.2, 0.25) is 0 Å². The first-order valence-electron chi connectivity index (χ1n) is 10.5. The van der Waals surface area contributed by atoms with Gasteiger partial charge in [-0.1, -0.05) is 24.3 Å². The third-order valence-electron chi connectivity index (χ3n) is 6.61. The van der Waals surface area contributed by atoms with Gasteiger partial charge >= 0.3 is 5.63 Å². The van der Waals surface area contributed by atoms with Gasteiger partial charge in [-0.15, -0.1) is 0 Å². The summed E-state index contributed by atoms with van der Waals surface area (Å²) in [6.45, 7) is 4.80. The van der Waals surface area contributed by atoms with Crippen LogP contribution in [-0.2, 0) is 0 Å². The highest BCUT2D eigenvalue weighted by molar-refractivity contribution is 6.01. The maximum absolute atomic E-state index is 13.1. The third-order valence-corrected chi connectivity index (χ3v) is 6.61. The summed E-state index contributed by atoms with van der Waals surface area (Å²) in [6, 6.07) is 12.5. The minimum absolute atomic E-state index is 0.0344. The van der Waals surface area contributed by atoms with Crippen LogP contribution < -0.4 is 10.4 Å². The van der Waals surface area contributed by atoms with E-state index in [9.17, 15) is 14.4 Å². The average molecular weight is 417 g/mol. The number of para-hydroxylation sites is 1. The van der Waals surface area contributed by atoms with Crippen LogP contribution in [0.15, 0.2) is 51.7 Å². The minimum atomic E-state index is -0.631. The van der Waals surface area contributed by atoms with Gasteiger partial charge in [-0.3, -0.25) is 9.59 Å². The molecule has 6 heteroatoms. The largest absolute Gasteiger partial charge is 0.486 e. The second kappa shape index (κ2) is 7.08. The summed E-state index contributed by atoms with van der Waals surface area (Å²) in [5.41, 5.74) is 1.96. The summed E-state index contributed by atoms with van der Waals surface area (Å²) >= 11 is 0. The zero-order valence-corrected chi connectivity index (χ0v) is 17.6. The molecule has 3 heterocycles. The van der Waals surface area contributed by atoms with E-state index in [0.29, 0.717) is 54.6 Å². The smallest absolute Gasteiger partial charge is 0.349 e. The van der Waals surface area contributed by atoms with Gasteiger partial charge < -0.3 is 14.1 Å². The van der Waals surface area contributed by atoms with Gasteiger partial charge in [-0.2, -0.15) is 0 Å². The first-order valence-corrected chi connectivity index (χ1v) is 10.5. The minimum Gasteiger partial charge on any atom is -0.486 e. The fraction of sp³-hybridized carbons (Fsp3) is 0.320. The van der Waals surface area contributed by atoms with Crippen LogP contribution in [0.25, 0.3) is 11.0 Å². The van der Waals surface area contributed by atoms with E-state index in [4.69, 9.17) is 9.15 Å². The lowest BCUT2D eigenvalue weighted by Gasteiger charge is -2.44. The number of carbonyl (C=O) groups is 2. The van der Waals surface area contributed by atoms with E-state index in [0.717, 1.165) is 11.1 Å². The molecule has 0 atom stereocenters. The molecule has 0 radical (unpaired) electrons. The maximum atomic E-state index is 13.1. The Bertz CT molecular complexity index is 1280. The van der Waals surface area contributed by atoms with Crippen LogP contribution >= 0.6 is 0 Å². The zero-order chi connectivity index (χ0) is 21.8. The Morgan fingerprint density at radius 3 is 2.55 bits per heavy atom. The summed E-state index contributed by atoms with van der Waals surface area (Å²) in [5, 5.41) is 0.711. The monoisotopic (exact) mass is 417 g/mol. The fourth-order valence-corrected chi connectivity index (χ4v) is 4.56. The van der Waals surface area contributed by atoms with Gasteiger partial charge in [0.05, 0.1) is 12.0 Å². The standard InChI is InChI=1S/C25H23NO5/c1-15-7-8-18-20(27)14-25(31-22(18)16(15)2)9-11-26(12-10-25)23(28)19-13-17-5-3-4-6-21(17)30-24(19)29/h3-8,13H,9-12,14H2,1-2H3. The molecule has 6 nitrogen and oxygen atoms in total. The van der Waals surface area contributed by atoms with Crippen molar-refractivity contribution in [3.8, 4) is 5.75 Å². The number of hydrogen-bond acceptors (Lipinski definition) is 5. The number of aryl methyl sites for hydroxylation is 1. The Morgan fingerprint density at radius 1 is 1.03 bits per heavy atom. The van der Waals surface area contributed by atoms with Gasteiger partial charge in [0.1, 0.15) is 22.5 Å². The highest BCUT2D eigenvalue weighted by Gasteiger charge is 2.44. The number of rotatable bonds is 1.